The van der Waals surface area contributed by atoms with Gasteiger partial charge in [0, 0.05) is 31.9 Å². The summed E-state index contributed by atoms with van der Waals surface area (Å²) in [4.78, 5) is 21.0. The predicted octanol–water partition coefficient (Wildman–Crippen LogP) is 0.834. The zero-order valence-corrected chi connectivity index (χ0v) is 17.1. The SMILES string of the molecule is C[C@@H](C(=O)N1CCN(c2ccccc2)CC1)[NH+]1CCN(c2ccccc2O)CC1. The Morgan fingerprint density at radius 1 is 0.862 bits per heavy atom. The van der Waals surface area contributed by atoms with E-state index in [9.17, 15) is 9.90 Å². The number of amides is 1. The number of piperazine rings is 2. The van der Waals surface area contributed by atoms with Gasteiger partial charge in [0.05, 0.1) is 31.9 Å². The second-order valence-electron chi connectivity index (χ2n) is 8.00. The second-order valence-corrected chi connectivity index (χ2v) is 8.00. The molecule has 2 N–H and O–H groups in total. The van der Waals surface area contributed by atoms with Crippen molar-refractivity contribution >= 4 is 17.3 Å². The van der Waals surface area contributed by atoms with E-state index in [1.54, 1.807) is 6.07 Å². The summed E-state index contributed by atoms with van der Waals surface area (Å²) in [7, 11) is 0. The van der Waals surface area contributed by atoms with Crippen LogP contribution < -0.4 is 14.7 Å². The fourth-order valence-corrected chi connectivity index (χ4v) is 4.47. The molecule has 2 heterocycles. The molecule has 2 aliphatic rings. The van der Waals surface area contributed by atoms with Crippen LogP contribution >= 0.6 is 0 Å². The monoisotopic (exact) mass is 395 g/mol. The summed E-state index contributed by atoms with van der Waals surface area (Å²) in [6, 6.07) is 17.9. The molecule has 0 aliphatic carbocycles. The van der Waals surface area contributed by atoms with Gasteiger partial charge in [-0.05, 0) is 31.2 Å². The van der Waals surface area contributed by atoms with E-state index >= 15 is 0 Å². The van der Waals surface area contributed by atoms with E-state index in [-0.39, 0.29) is 11.9 Å². The number of hydrogen-bond donors (Lipinski definition) is 2. The van der Waals surface area contributed by atoms with E-state index in [2.05, 4.69) is 41.0 Å². The Labute approximate surface area is 172 Å². The number of nitrogens with one attached hydrogen (secondary N) is 1. The molecular formula is C23H31N4O2+. The van der Waals surface area contributed by atoms with E-state index in [4.69, 9.17) is 0 Å². The molecule has 1 atom stereocenters. The van der Waals surface area contributed by atoms with Gasteiger partial charge in [0.15, 0.2) is 6.04 Å². The van der Waals surface area contributed by atoms with Gasteiger partial charge < -0.3 is 24.7 Å². The number of anilines is 2. The van der Waals surface area contributed by atoms with Crippen LogP contribution in [0.15, 0.2) is 54.6 Å². The maximum atomic E-state index is 13.1. The first kappa shape index (κ1) is 19.6. The van der Waals surface area contributed by atoms with Crippen LogP contribution in [0.5, 0.6) is 5.75 Å². The van der Waals surface area contributed by atoms with Gasteiger partial charge in [0.2, 0.25) is 0 Å². The smallest absolute Gasteiger partial charge is 0.280 e. The average Bonchev–Trinajstić information content (AvgIpc) is 2.79. The van der Waals surface area contributed by atoms with Gasteiger partial charge >= 0.3 is 0 Å². The third kappa shape index (κ3) is 4.32. The molecular weight excluding hydrogens is 364 g/mol. The summed E-state index contributed by atoms with van der Waals surface area (Å²) in [6.07, 6.45) is 0. The van der Waals surface area contributed by atoms with Gasteiger partial charge in [-0.3, -0.25) is 4.79 Å². The molecule has 0 unspecified atom stereocenters. The van der Waals surface area contributed by atoms with Crippen LogP contribution in [0.4, 0.5) is 11.4 Å². The molecule has 4 rings (SSSR count). The van der Waals surface area contributed by atoms with Crippen LogP contribution in [-0.2, 0) is 4.79 Å². The predicted molar refractivity (Wildman–Crippen MR) is 116 cm³/mol. The highest BCUT2D eigenvalue weighted by Gasteiger charge is 2.33. The number of benzene rings is 2. The minimum absolute atomic E-state index is 0.0233. The fourth-order valence-electron chi connectivity index (χ4n) is 4.47. The average molecular weight is 396 g/mol. The lowest BCUT2D eigenvalue weighted by Crippen LogP contribution is -3.19. The van der Waals surface area contributed by atoms with E-state index in [1.807, 2.05) is 29.2 Å². The van der Waals surface area contributed by atoms with Crippen molar-refractivity contribution in [2.75, 3.05) is 62.2 Å². The van der Waals surface area contributed by atoms with Gasteiger partial charge in [-0.15, -0.1) is 0 Å². The molecule has 2 aromatic rings. The first-order chi connectivity index (χ1) is 14.1. The quantitative estimate of drug-likeness (QED) is 0.806. The highest BCUT2D eigenvalue weighted by atomic mass is 16.3. The third-order valence-corrected chi connectivity index (χ3v) is 6.32. The Morgan fingerprint density at radius 3 is 2.14 bits per heavy atom. The number of carbonyl (C=O) groups excluding carboxylic acids is 1. The molecule has 2 aromatic carbocycles. The summed E-state index contributed by atoms with van der Waals surface area (Å²) in [5.74, 6) is 0.597. The third-order valence-electron chi connectivity index (χ3n) is 6.32. The number of phenols is 1. The van der Waals surface area contributed by atoms with Crippen LogP contribution in [0.1, 0.15) is 6.92 Å². The van der Waals surface area contributed by atoms with Crippen molar-refractivity contribution in [3.05, 3.63) is 54.6 Å². The minimum atomic E-state index is -0.0233. The van der Waals surface area contributed by atoms with Gasteiger partial charge in [-0.25, -0.2) is 0 Å². The molecule has 0 saturated carbocycles. The van der Waals surface area contributed by atoms with E-state index in [0.717, 1.165) is 58.0 Å². The molecule has 154 valence electrons. The molecule has 0 radical (unpaired) electrons. The lowest BCUT2D eigenvalue weighted by Gasteiger charge is -2.40. The Kier molecular flexibility index (Phi) is 5.90. The number of hydrogen-bond acceptors (Lipinski definition) is 4. The molecule has 6 nitrogen and oxygen atoms in total. The van der Waals surface area contributed by atoms with Crippen molar-refractivity contribution in [2.45, 2.75) is 13.0 Å². The highest BCUT2D eigenvalue weighted by molar-refractivity contribution is 5.80. The molecule has 29 heavy (non-hydrogen) atoms. The number of quaternary nitrogens is 1. The molecule has 0 spiro atoms. The van der Waals surface area contributed by atoms with Gasteiger partial charge in [-0.2, -0.15) is 0 Å². The number of para-hydroxylation sites is 3. The Hall–Kier alpha value is -2.73. The normalized spacial score (nSPS) is 19.3. The summed E-state index contributed by atoms with van der Waals surface area (Å²) in [5.41, 5.74) is 2.13. The van der Waals surface area contributed by atoms with Crippen LogP contribution in [0, 0.1) is 0 Å². The molecule has 0 aromatic heterocycles. The van der Waals surface area contributed by atoms with Crippen LogP contribution in [0.25, 0.3) is 0 Å². The fraction of sp³-hybridized carbons (Fsp3) is 0.435. The van der Waals surface area contributed by atoms with Crippen LogP contribution in [-0.4, -0.2) is 74.3 Å². The van der Waals surface area contributed by atoms with Crippen molar-refractivity contribution < 1.29 is 14.8 Å². The Bertz CT molecular complexity index is 813. The topological polar surface area (TPSA) is 51.5 Å². The number of phenolic OH excluding ortho intramolecular Hbond substituents is 1. The number of nitrogens with zero attached hydrogens (tertiary/aromatic N) is 3. The molecule has 2 saturated heterocycles. The first-order valence-corrected chi connectivity index (χ1v) is 10.6. The van der Waals surface area contributed by atoms with Crippen molar-refractivity contribution in [1.29, 1.82) is 0 Å². The van der Waals surface area contributed by atoms with E-state index in [0.29, 0.717) is 5.75 Å². The number of carbonyl (C=O) groups is 1. The second kappa shape index (κ2) is 8.74. The number of aromatic hydroxyl groups is 1. The van der Waals surface area contributed by atoms with Crippen molar-refractivity contribution in [3.63, 3.8) is 0 Å². The maximum absolute atomic E-state index is 13.1. The van der Waals surface area contributed by atoms with Gasteiger partial charge in [-0.1, -0.05) is 30.3 Å². The largest absolute Gasteiger partial charge is 0.506 e. The Morgan fingerprint density at radius 2 is 1.48 bits per heavy atom. The zero-order chi connectivity index (χ0) is 20.2. The van der Waals surface area contributed by atoms with Gasteiger partial charge in [0.1, 0.15) is 5.75 Å². The molecule has 6 heteroatoms. The first-order valence-electron chi connectivity index (χ1n) is 10.6. The van der Waals surface area contributed by atoms with Crippen molar-refractivity contribution in [2.24, 2.45) is 0 Å². The molecule has 1 amide bonds. The lowest BCUT2D eigenvalue weighted by atomic mass is 10.1. The number of rotatable bonds is 4. The summed E-state index contributed by atoms with van der Waals surface area (Å²) in [5, 5.41) is 10.1. The molecule has 2 fully saturated rings. The minimum Gasteiger partial charge on any atom is -0.506 e. The standard InChI is InChI=1S/C23H30N4O2/c1-19(24-11-15-26(16-12-24)21-9-5-6-10-22(21)28)23(29)27-17-13-25(14-18-27)20-7-3-2-4-8-20/h2-10,19,28H,11-18H2,1H3/p+1/t19-/m0/s1. The highest BCUT2D eigenvalue weighted by Crippen LogP contribution is 2.26. The summed E-state index contributed by atoms with van der Waals surface area (Å²) in [6.45, 7) is 8.94. The van der Waals surface area contributed by atoms with Crippen LogP contribution in [0.2, 0.25) is 0 Å². The molecule has 2 aliphatic heterocycles. The summed E-state index contributed by atoms with van der Waals surface area (Å²) < 4.78 is 0. The molecule has 0 bridgehead atoms. The van der Waals surface area contributed by atoms with Crippen LogP contribution in [0.3, 0.4) is 0 Å². The summed E-state index contributed by atoms with van der Waals surface area (Å²) >= 11 is 0. The van der Waals surface area contributed by atoms with E-state index < -0.39 is 0 Å². The van der Waals surface area contributed by atoms with Crippen molar-refractivity contribution in [1.82, 2.24) is 4.90 Å². The lowest BCUT2D eigenvalue weighted by molar-refractivity contribution is -0.915. The zero-order valence-electron chi connectivity index (χ0n) is 17.1. The van der Waals surface area contributed by atoms with Crippen molar-refractivity contribution in [3.8, 4) is 5.75 Å². The maximum Gasteiger partial charge on any atom is 0.280 e. The van der Waals surface area contributed by atoms with E-state index in [1.165, 1.54) is 10.6 Å². The Balaban J connectivity index is 1.29. The van der Waals surface area contributed by atoms with Gasteiger partial charge in [0.25, 0.3) is 5.91 Å².